The number of phosphoric acid groups is 2. The first-order chi connectivity index (χ1) is 10.7. The van der Waals surface area contributed by atoms with E-state index in [4.69, 9.17) is 38.5 Å². The van der Waals surface area contributed by atoms with E-state index in [9.17, 15) is 0 Å². The fourth-order valence-electron chi connectivity index (χ4n) is 1.34. The molecule has 0 bridgehead atoms. The normalized spacial score (nSPS) is 13.2. The molecule has 0 aromatic heterocycles. The van der Waals surface area contributed by atoms with Gasteiger partial charge in [0.1, 0.15) is 0 Å². The molecule has 0 saturated carbocycles. The SMILES string of the molecule is C=CC=CC=CC(C)CCCC(C)C.O=P(O)(O)O.O=P(O)(O)O. The molecule has 0 aliphatic rings. The zero-order valence-corrected chi connectivity index (χ0v) is 16.1. The smallest absolute Gasteiger partial charge is 0.303 e. The largest absolute Gasteiger partial charge is 0.466 e. The average Bonchev–Trinajstić information content (AvgIpc) is 2.30. The Bertz CT molecular complexity index is 411. The lowest BCUT2D eigenvalue weighted by molar-refractivity contribution is 0.272. The molecule has 0 saturated heterocycles. The summed E-state index contributed by atoms with van der Waals surface area (Å²) in [6.07, 6.45) is 14.2. The molecule has 1 unspecified atom stereocenters. The van der Waals surface area contributed by atoms with E-state index >= 15 is 0 Å². The molecule has 0 amide bonds. The van der Waals surface area contributed by atoms with Crippen LogP contribution in [0.3, 0.4) is 0 Å². The third-order valence-electron chi connectivity index (χ3n) is 2.24. The number of hydrogen-bond acceptors (Lipinski definition) is 2. The van der Waals surface area contributed by atoms with Gasteiger partial charge in [0.2, 0.25) is 0 Å². The van der Waals surface area contributed by atoms with Gasteiger partial charge in [-0.1, -0.05) is 70.6 Å². The Hall–Kier alpha value is -0.560. The summed E-state index contributed by atoms with van der Waals surface area (Å²) in [5, 5.41) is 0. The highest BCUT2D eigenvalue weighted by atomic mass is 31.2. The van der Waals surface area contributed by atoms with Crippen LogP contribution in [0.2, 0.25) is 0 Å². The molecule has 0 heterocycles. The van der Waals surface area contributed by atoms with E-state index in [-0.39, 0.29) is 0 Å². The Morgan fingerprint density at radius 3 is 1.58 bits per heavy atom. The number of rotatable bonds is 7. The van der Waals surface area contributed by atoms with Crippen molar-refractivity contribution in [3.05, 3.63) is 37.0 Å². The number of allylic oxidation sites excluding steroid dienone is 5. The maximum Gasteiger partial charge on any atom is 0.466 e. The third kappa shape index (κ3) is 68.4. The third-order valence-corrected chi connectivity index (χ3v) is 2.24. The molecule has 6 N–H and O–H groups in total. The van der Waals surface area contributed by atoms with Crippen LogP contribution in [0.25, 0.3) is 0 Å². The second-order valence-corrected chi connectivity index (χ2v) is 7.39. The van der Waals surface area contributed by atoms with Gasteiger partial charge in [-0.15, -0.1) is 0 Å². The maximum atomic E-state index is 8.88. The van der Waals surface area contributed by atoms with Crippen LogP contribution in [0.15, 0.2) is 37.0 Å². The molecular weight excluding hydrogens is 358 g/mol. The highest BCUT2D eigenvalue weighted by molar-refractivity contribution is 7.45. The summed E-state index contributed by atoms with van der Waals surface area (Å²) in [6.45, 7) is 10.5. The minimum absolute atomic E-state index is 0.697. The zero-order valence-electron chi connectivity index (χ0n) is 14.3. The second-order valence-electron chi connectivity index (χ2n) is 5.33. The molecule has 10 heteroatoms. The van der Waals surface area contributed by atoms with Crippen molar-refractivity contribution in [3.8, 4) is 0 Å². The van der Waals surface area contributed by atoms with Gasteiger partial charge in [-0.3, -0.25) is 0 Å². The molecule has 0 aromatic rings. The Kier molecular flexibility index (Phi) is 18.8. The van der Waals surface area contributed by atoms with Crippen molar-refractivity contribution < 1.29 is 38.5 Å². The molecule has 0 aliphatic carbocycles. The van der Waals surface area contributed by atoms with E-state index in [1.165, 1.54) is 19.3 Å². The van der Waals surface area contributed by atoms with Crippen LogP contribution in [-0.4, -0.2) is 29.4 Å². The summed E-state index contributed by atoms with van der Waals surface area (Å²) in [4.78, 5) is 43.1. The summed E-state index contributed by atoms with van der Waals surface area (Å²) < 4.78 is 17.8. The maximum absolute atomic E-state index is 8.88. The Labute approximate surface area is 143 Å². The summed E-state index contributed by atoms with van der Waals surface area (Å²) in [5.41, 5.74) is 0. The van der Waals surface area contributed by atoms with Gasteiger partial charge in [0, 0.05) is 0 Å². The standard InChI is InChI=1S/C14H24.2H3O4P/c1-5-6-7-8-11-14(4)12-9-10-13(2)3;2*1-5(2,3)4/h5-8,11,13-14H,1,9-10,12H2,2-4H3;2*(H3,1,2,3,4). The van der Waals surface area contributed by atoms with Crippen molar-refractivity contribution in [2.45, 2.75) is 40.0 Å². The van der Waals surface area contributed by atoms with E-state index < -0.39 is 15.6 Å². The van der Waals surface area contributed by atoms with Crippen molar-refractivity contribution in [3.63, 3.8) is 0 Å². The molecular formula is C14H30O8P2. The van der Waals surface area contributed by atoms with Crippen LogP contribution in [0, 0.1) is 11.8 Å². The molecule has 0 spiro atoms. The molecule has 8 nitrogen and oxygen atoms in total. The van der Waals surface area contributed by atoms with E-state index in [1.54, 1.807) is 6.08 Å². The second kappa shape index (κ2) is 15.9. The van der Waals surface area contributed by atoms with Crippen LogP contribution in [0.5, 0.6) is 0 Å². The first-order valence-electron chi connectivity index (χ1n) is 7.19. The predicted molar refractivity (Wildman–Crippen MR) is 94.9 cm³/mol. The molecule has 0 aliphatic heterocycles. The number of hydrogen-bond donors (Lipinski definition) is 6. The predicted octanol–water partition coefficient (Wildman–Crippen LogP) is 2.89. The molecule has 0 radical (unpaired) electrons. The summed E-state index contributed by atoms with van der Waals surface area (Å²) in [6, 6.07) is 0. The molecule has 0 rings (SSSR count). The topological polar surface area (TPSA) is 156 Å². The summed E-state index contributed by atoms with van der Waals surface area (Å²) in [5.74, 6) is 1.54. The Morgan fingerprint density at radius 1 is 0.833 bits per heavy atom. The minimum Gasteiger partial charge on any atom is -0.303 e. The van der Waals surface area contributed by atoms with Crippen molar-refractivity contribution in [2.24, 2.45) is 11.8 Å². The van der Waals surface area contributed by atoms with Crippen LogP contribution in [0.1, 0.15) is 40.0 Å². The Morgan fingerprint density at radius 2 is 1.25 bits per heavy atom. The van der Waals surface area contributed by atoms with Crippen LogP contribution < -0.4 is 0 Å². The summed E-state index contributed by atoms with van der Waals surface area (Å²) >= 11 is 0. The average molecular weight is 388 g/mol. The fourth-order valence-corrected chi connectivity index (χ4v) is 1.34. The zero-order chi connectivity index (χ0) is 19.8. The van der Waals surface area contributed by atoms with Gasteiger partial charge in [0.05, 0.1) is 0 Å². The minimum atomic E-state index is -4.64. The highest BCUT2D eigenvalue weighted by Gasteiger charge is 2.00. The van der Waals surface area contributed by atoms with Crippen molar-refractivity contribution in [1.82, 2.24) is 0 Å². The van der Waals surface area contributed by atoms with Gasteiger partial charge in [-0.05, 0) is 18.3 Å². The fraction of sp³-hybridized carbons (Fsp3) is 0.571. The molecule has 0 fully saturated rings. The quantitative estimate of drug-likeness (QED) is 0.287. The molecule has 24 heavy (non-hydrogen) atoms. The van der Waals surface area contributed by atoms with Gasteiger partial charge in [0.15, 0.2) is 0 Å². The first-order valence-corrected chi connectivity index (χ1v) is 10.3. The molecule has 1 atom stereocenters. The highest BCUT2D eigenvalue weighted by Crippen LogP contribution is 2.26. The van der Waals surface area contributed by atoms with Crippen molar-refractivity contribution >= 4 is 15.6 Å². The van der Waals surface area contributed by atoms with Crippen molar-refractivity contribution in [2.75, 3.05) is 0 Å². The molecule has 0 aromatic carbocycles. The van der Waals surface area contributed by atoms with Gasteiger partial charge in [-0.25, -0.2) is 9.13 Å². The van der Waals surface area contributed by atoms with Gasteiger partial charge < -0.3 is 29.4 Å². The van der Waals surface area contributed by atoms with Gasteiger partial charge in [-0.2, -0.15) is 0 Å². The van der Waals surface area contributed by atoms with E-state index in [1.807, 2.05) is 12.2 Å². The van der Waals surface area contributed by atoms with E-state index in [0.29, 0.717) is 5.92 Å². The lowest BCUT2D eigenvalue weighted by atomic mass is 9.99. The summed E-state index contributed by atoms with van der Waals surface area (Å²) in [7, 11) is -9.28. The van der Waals surface area contributed by atoms with Gasteiger partial charge in [0.25, 0.3) is 0 Å². The van der Waals surface area contributed by atoms with Gasteiger partial charge >= 0.3 is 15.6 Å². The first kappa shape index (κ1) is 28.3. The van der Waals surface area contributed by atoms with Crippen LogP contribution >= 0.6 is 15.6 Å². The van der Waals surface area contributed by atoms with E-state index in [0.717, 1.165) is 5.92 Å². The monoisotopic (exact) mass is 388 g/mol. The van der Waals surface area contributed by atoms with Crippen LogP contribution in [0.4, 0.5) is 0 Å². The molecule has 144 valence electrons. The lowest BCUT2D eigenvalue weighted by Gasteiger charge is -2.07. The lowest BCUT2D eigenvalue weighted by Crippen LogP contribution is -1.92. The van der Waals surface area contributed by atoms with E-state index in [2.05, 4.69) is 39.5 Å². The van der Waals surface area contributed by atoms with Crippen molar-refractivity contribution in [1.29, 1.82) is 0 Å². The van der Waals surface area contributed by atoms with Crippen LogP contribution in [-0.2, 0) is 9.13 Å². The Balaban J connectivity index is -0.000000361.